The Balaban J connectivity index is 1.79. The summed E-state index contributed by atoms with van der Waals surface area (Å²) in [5.41, 5.74) is 2.55. The molecular weight excluding hydrogens is 428 g/mol. The van der Waals surface area contributed by atoms with Gasteiger partial charge in [0.1, 0.15) is 11.5 Å². The fourth-order valence-electron chi connectivity index (χ4n) is 3.15. The molecule has 0 fully saturated rings. The van der Waals surface area contributed by atoms with Crippen molar-refractivity contribution in [3.05, 3.63) is 83.4 Å². The number of ether oxygens (including phenoxy) is 2. The fourth-order valence-corrected chi connectivity index (χ4v) is 4.39. The minimum atomic E-state index is -3.83. The third-order valence-electron chi connectivity index (χ3n) is 5.08. The molecule has 0 aliphatic carbocycles. The molecule has 168 valence electrons. The third kappa shape index (κ3) is 5.03. The minimum absolute atomic E-state index is 0.0344. The number of carbonyl (C=O) groups is 1. The Hall–Kier alpha value is -3.52. The highest BCUT2D eigenvalue weighted by atomic mass is 32.2. The zero-order chi connectivity index (χ0) is 23.3. The van der Waals surface area contributed by atoms with E-state index in [0.717, 1.165) is 11.1 Å². The molecular formula is C24H26N2O5S. The third-order valence-corrected chi connectivity index (χ3v) is 6.86. The van der Waals surface area contributed by atoms with Crippen LogP contribution in [0, 0.1) is 6.92 Å². The minimum Gasteiger partial charge on any atom is -0.497 e. The molecule has 0 atom stereocenters. The molecule has 3 aromatic carbocycles. The Bertz CT molecular complexity index is 1210. The SMILES string of the molecule is COc1ccc(OC)c(CNC(=O)c2cccc(S(=O)(=O)N(C)c3ccc(C)cc3)c2)c1. The summed E-state index contributed by atoms with van der Waals surface area (Å²) in [5, 5.41) is 2.80. The standard InChI is InChI=1S/C24H26N2O5S/c1-17-8-10-20(11-9-17)26(2)32(28,29)22-7-5-6-18(15-22)24(27)25-16-19-14-21(30-3)12-13-23(19)31-4/h5-15H,16H2,1-4H3,(H,25,27). The summed E-state index contributed by atoms with van der Waals surface area (Å²) in [6, 6.07) is 18.4. The van der Waals surface area contributed by atoms with Gasteiger partial charge in [0, 0.05) is 24.7 Å². The van der Waals surface area contributed by atoms with Gasteiger partial charge in [-0.05, 0) is 55.5 Å². The van der Waals surface area contributed by atoms with Crippen LogP contribution in [0.15, 0.2) is 71.6 Å². The lowest BCUT2D eigenvalue weighted by atomic mass is 10.1. The highest BCUT2D eigenvalue weighted by Gasteiger charge is 2.22. The number of carbonyl (C=O) groups excluding carboxylic acids is 1. The predicted molar refractivity (Wildman–Crippen MR) is 124 cm³/mol. The van der Waals surface area contributed by atoms with E-state index in [-0.39, 0.29) is 17.0 Å². The van der Waals surface area contributed by atoms with Crippen LogP contribution in [0.3, 0.4) is 0 Å². The topological polar surface area (TPSA) is 84.9 Å². The van der Waals surface area contributed by atoms with Gasteiger partial charge in [0.2, 0.25) is 0 Å². The zero-order valence-corrected chi connectivity index (χ0v) is 19.3. The smallest absolute Gasteiger partial charge is 0.264 e. The molecule has 8 heteroatoms. The lowest BCUT2D eigenvalue weighted by Gasteiger charge is -2.20. The molecule has 0 unspecified atom stereocenters. The van der Waals surface area contributed by atoms with Crippen molar-refractivity contribution in [2.45, 2.75) is 18.4 Å². The van der Waals surface area contributed by atoms with E-state index in [1.54, 1.807) is 56.7 Å². The molecule has 0 aromatic heterocycles. The summed E-state index contributed by atoms with van der Waals surface area (Å²) in [6.07, 6.45) is 0. The fraction of sp³-hybridized carbons (Fsp3) is 0.208. The summed E-state index contributed by atoms with van der Waals surface area (Å²) in [7, 11) is 0.764. The predicted octanol–water partition coefficient (Wildman–Crippen LogP) is 3.77. The Morgan fingerprint density at radius 3 is 2.34 bits per heavy atom. The molecule has 0 aliphatic rings. The summed E-state index contributed by atoms with van der Waals surface area (Å²) in [6.45, 7) is 2.13. The summed E-state index contributed by atoms with van der Waals surface area (Å²) < 4.78 is 37.9. The Morgan fingerprint density at radius 2 is 1.69 bits per heavy atom. The van der Waals surface area contributed by atoms with E-state index in [2.05, 4.69) is 5.32 Å². The number of hydrogen-bond donors (Lipinski definition) is 1. The maximum Gasteiger partial charge on any atom is 0.264 e. The molecule has 7 nitrogen and oxygen atoms in total. The summed E-state index contributed by atoms with van der Waals surface area (Å²) in [5.74, 6) is 0.856. The number of anilines is 1. The Labute approximate surface area is 188 Å². The molecule has 0 radical (unpaired) electrons. The van der Waals surface area contributed by atoms with Crippen LogP contribution in [0.1, 0.15) is 21.5 Å². The number of nitrogens with one attached hydrogen (secondary N) is 1. The molecule has 32 heavy (non-hydrogen) atoms. The van der Waals surface area contributed by atoms with Gasteiger partial charge in [-0.15, -0.1) is 0 Å². The first kappa shape index (κ1) is 23.1. The molecule has 0 spiro atoms. The van der Waals surface area contributed by atoms with Crippen LogP contribution >= 0.6 is 0 Å². The Kier molecular flexibility index (Phi) is 7.05. The van der Waals surface area contributed by atoms with Crippen molar-refractivity contribution >= 4 is 21.6 Å². The van der Waals surface area contributed by atoms with Crippen LogP contribution in [0.25, 0.3) is 0 Å². The van der Waals surface area contributed by atoms with E-state index in [4.69, 9.17) is 9.47 Å². The van der Waals surface area contributed by atoms with Crippen LogP contribution in [0.2, 0.25) is 0 Å². The molecule has 0 saturated heterocycles. The van der Waals surface area contributed by atoms with Gasteiger partial charge in [0.05, 0.1) is 24.8 Å². The zero-order valence-electron chi connectivity index (χ0n) is 18.5. The van der Waals surface area contributed by atoms with Crippen molar-refractivity contribution in [2.24, 2.45) is 0 Å². The largest absolute Gasteiger partial charge is 0.497 e. The average Bonchev–Trinajstić information content (AvgIpc) is 2.82. The second-order valence-electron chi connectivity index (χ2n) is 7.20. The molecule has 3 rings (SSSR count). The van der Waals surface area contributed by atoms with Gasteiger partial charge in [-0.25, -0.2) is 8.42 Å². The number of benzene rings is 3. The van der Waals surface area contributed by atoms with Gasteiger partial charge in [-0.3, -0.25) is 9.10 Å². The van der Waals surface area contributed by atoms with E-state index in [0.29, 0.717) is 17.2 Å². The lowest BCUT2D eigenvalue weighted by Crippen LogP contribution is -2.27. The Morgan fingerprint density at radius 1 is 0.969 bits per heavy atom. The van der Waals surface area contributed by atoms with Crippen LogP contribution in [-0.2, 0) is 16.6 Å². The van der Waals surface area contributed by atoms with Crippen molar-refractivity contribution in [3.63, 3.8) is 0 Å². The first-order chi connectivity index (χ1) is 15.3. The molecule has 0 heterocycles. The first-order valence-electron chi connectivity index (χ1n) is 9.91. The number of sulfonamides is 1. The van der Waals surface area contributed by atoms with Crippen LogP contribution in [0.5, 0.6) is 11.5 Å². The maximum atomic E-state index is 13.1. The van der Waals surface area contributed by atoms with Gasteiger partial charge in [0.15, 0.2) is 0 Å². The second kappa shape index (κ2) is 9.74. The van der Waals surface area contributed by atoms with E-state index < -0.39 is 15.9 Å². The molecule has 3 aromatic rings. The van der Waals surface area contributed by atoms with Crippen molar-refractivity contribution < 1.29 is 22.7 Å². The van der Waals surface area contributed by atoms with Gasteiger partial charge in [0.25, 0.3) is 15.9 Å². The summed E-state index contributed by atoms with van der Waals surface area (Å²) >= 11 is 0. The average molecular weight is 455 g/mol. The van der Waals surface area contributed by atoms with Gasteiger partial charge >= 0.3 is 0 Å². The normalized spacial score (nSPS) is 11.0. The number of rotatable bonds is 8. The van der Waals surface area contributed by atoms with Crippen molar-refractivity contribution in [1.82, 2.24) is 5.32 Å². The molecule has 1 N–H and O–H groups in total. The van der Waals surface area contributed by atoms with Crippen LogP contribution in [-0.4, -0.2) is 35.6 Å². The van der Waals surface area contributed by atoms with Gasteiger partial charge in [-0.2, -0.15) is 0 Å². The lowest BCUT2D eigenvalue weighted by molar-refractivity contribution is 0.0950. The van der Waals surface area contributed by atoms with Crippen molar-refractivity contribution in [3.8, 4) is 11.5 Å². The van der Waals surface area contributed by atoms with Crippen molar-refractivity contribution in [2.75, 3.05) is 25.6 Å². The van der Waals surface area contributed by atoms with Gasteiger partial charge < -0.3 is 14.8 Å². The number of methoxy groups -OCH3 is 2. The monoisotopic (exact) mass is 454 g/mol. The molecule has 0 saturated carbocycles. The highest BCUT2D eigenvalue weighted by Crippen LogP contribution is 2.25. The van der Waals surface area contributed by atoms with E-state index >= 15 is 0 Å². The maximum absolute atomic E-state index is 13.1. The van der Waals surface area contributed by atoms with Crippen LogP contribution < -0.4 is 19.1 Å². The number of hydrogen-bond acceptors (Lipinski definition) is 5. The number of nitrogens with zero attached hydrogens (tertiary/aromatic N) is 1. The van der Waals surface area contributed by atoms with E-state index in [1.807, 2.05) is 19.1 Å². The molecule has 1 amide bonds. The molecule has 0 bridgehead atoms. The van der Waals surface area contributed by atoms with E-state index in [1.165, 1.54) is 23.5 Å². The molecule has 0 aliphatic heterocycles. The van der Waals surface area contributed by atoms with Crippen LogP contribution in [0.4, 0.5) is 5.69 Å². The summed E-state index contributed by atoms with van der Waals surface area (Å²) in [4.78, 5) is 12.8. The first-order valence-corrected chi connectivity index (χ1v) is 11.3. The van der Waals surface area contributed by atoms with Gasteiger partial charge in [-0.1, -0.05) is 23.8 Å². The number of amides is 1. The van der Waals surface area contributed by atoms with E-state index in [9.17, 15) is 13.2 Å². The van der Waals surface area contributed by atoms with Crippen molar-refractivity contribution in [1.29, 1.82) is 0 Å². The highest BCUT2D eigenvalue weighted by molar-refractivity contribution is 7.92. The quantitative estimate of drug-likeness (QED) is 0.560. The number of aryl methyl sites for hydroxylation is 1. The second-order valence-corrected chi connectivity index (χ2v) is 9.17.